The first-order valence-corrected chi connectivity index (χ1v) is 4.44. The van der Waals surface area contributed by atoms with Crippen LogP contribution in [0.1, 0.15) is 25.7 Å². The largest absolute Gasteiger partial charge is 0.402 e. The van der Waals surface area contributed by atoms with Crippen molar-refractivity contribution >= 4 is 17.3 Å². The molecule has 1 aliphatic carbocycles. The standard InChI is InChI=1S/C8H11ClF2N2/c9-8(10,11)7(13)5-3-1-2-4-6(5)12/h13H,1-4,12H2. The quantitative estimate of drug-likeness (QED) is 0.532. The first kappa shape index (κ1) is 10.4. The summed E-state index contributed by atoms with van der Waals surface area (Å²) < 4.78 is 25.0. The summed E-state index contributed by atoms with van der Waals surface area (Å²) in [5, 5.41) is 3.56. The van der Waals surface area contributed by atoms with Crippen LogP contribution in [0.4, 0.5) is 8.78 Å². The molecule has 0 aromatic carbocycles. The highest BCUT2D eigenvalue weighted by Crippen LogP contribution is 2.30. The first-order chi connectivity index (χ1) is 5.93. The van der Waals surface area contributed by atoms with Gasteiger partial charge in [-0.15, -0.1) is 0 Å². The van der Waals surface area contributed by atoms with E-state index in [1.165, 1.54) is 0 Å². The van der Waals surface area contributed by atoms with Crippen molar-refractivity contribution in [1.82, 2.24) is 0 Å². The average molecular weight is 209 g/mol. The Morgan fingerprint density at radius 2 is 1.92 bits per heavy atom. The number of hydrogen-bond donors (Lipinski definition) is 2. The van der Waals surface area contributed by atoms with Gasteiger partial charge in [-0.1, -0.05) is 0 Å². The molecule has 13 heavy (non-hydrogen) atoms. The van der Waals surface area contributed by atoms with Crippen LogP contribution in [0.2, 0.25) is 0 Å². The van der Waals surface area contributed by atoms with Crippen molar-refractivity contribution in [3.8, 4) is 0 Å². The molecule has 0 fully saturated rings. The van der Waals surface area contributed by atoms with E-state index < -0.39 is 11.1 Å². The lowest BCUT2D eigenvalue weighted by Crippen LogP contribution is -2.26. The molecule has 1 aliphatic rings. The van der Waals surface area contributed by atoms with Crippen molar-refractivity contribution in [3.63, 3.8) is 0 Å². The fraction of sp³-hybridized carbons (Fsp3) is 0.625. The third-order valence-corrected chi connectivity index (χ3v) is 2.28. The fourth-order valence-corrected chi connectivity index (χ4v) is 1.50. The molecule has 0 aromatic heterocycles. The van der Waals surface area contributed by atoms with Gasteiger partial charge >= 0.3 is 5.38 Å². The zero-order valence-electron chi connectivity index (χ0n) is 7.04. The van der Waals surface area contributed by atoms with Crippen molar-refractivity contribution in [3.05, 3.63) is 11.3 Å². The number of hydrogen-bond acceptors (Lipinski definition) is 2. The third kappa shape index (κ3) is 2.40. The van der Waals surface area contributed by atoms with E-state index in [1.807, 2.05) is 0 Å². The second kappa shape index (κ2) is 3.62. The monoisotopic (exact) mass is 208 g/mol. The van der Waals surface area contributed by atoms with Gasteiger partial charge in [0.05, 0.1) is 0 Å². The zero-order chi connectivity index (χ0) is 10.1. The highest BCUT2D eigenvalue weighted by atomic mass is 35.5. The molecule has 5 heteroatoms. The lowest BCUT2D eigenvalue weighted by atomic mass is 9.93. The average Bonchev–Trinajstić information content (AvgIpc) is 2.02. The van der Waals surface area contributed by atoms with E-state index in [2.05, 4.69) is 0 Å². The molecule has 2 nitrogen and oxygen atoms in total. The van der Waals surface area contributed by atoms with Crippen LogP contribution in [0.5, 0.6) is 0 Å². The van der Waals surface area contributed by atoms with Gasteiger partial charge in [-0.3, -0.25) is 5.41 Å². The molecule has 0 aromatic rings. The van der Waals surface area contributed by atoms with Gasteiger partial charge in [-0.2, -0.15) is 8.78 Å². The van der Waals surface area contributed by atoms with Crippen LogP contribution in [0.3, 0.4) is 0 Å². The van der Waals surface area contributed by atoms with Gasteiger partial charge in [0.1, 0.15) is 5.71 Å². The van der Waals surface area contributed by atoms with Crippen molar-refractivity contribution in [1.29, 1.82) is 5.41 Å². The van der Waals surface area contributed by atoms with Gasteiger partial charge < -0.3 is 5.73 Å². The summed E-state index contributed by atoms with van der Waals surface area (Å²) >= 11 is 4.73. The Kier molecular flexibility index (Phi) is 2.91. The van der Waals surface area contributed by atoms with E-state index in [4.69, 9.17) is 22.7 Å². The van der Waals surface area contributed by atoms with Crippen LogP contribution >= 0.6 is 11.6 Å². The van der Waals surface area contributed by atoms with E-state index >= 15 is 0 Å². The maximum Gasteiger partial charge on any atom is 0.364 e. The Bertz CT molecular complexity index is 255. The molecule has 0 atom stereocenters. The number of nitrogens with one attached hydrogen (secondary N) is 1. The molecule has 3 N–H and O–H groups in total. The van der Waals surface area contributed by atoms with E-state index in [9.17, 15) is 8.78 Å². The molecule has 0 unspecified atom stereocenters. The van der Waals surface area contributed by atoms with E-state index in [0.29, 0.717) is 18.5 Å². The fourth-order valence-electron chi connectivity index (χ4n) is 1.39. The number of halogens is 3. The van der Waals surface area contributed by atoms with Crippen LogP contribution in [0, 0.1) is 5.41 Å². The maximum absolute atomic E-state index is 12.5. The molecule has 0 bridgehead atoms. The Morgan fingerprint density at radius 3 is 2.38 bits per heavy atom. The van der Waals surface area contributed by atoms with Crippen LogP contribution in [-0.2, 0) is 0 Å². The predicted octanol–water partition coefficient (Wildman–Crippen LogP) is 2.62. The first-order valence-electron chi connectivity index (χ1n) is 4.06. The van der Waals surface area contributed by atoms with E-state index in [-0.39, 0.29) is 5.57 Å². The van der Waals surface area contributed by atoms with Crippen LogP contribution < -0.4 is 5.73 Å². The van der Waals surface area contributed by atoms with Crippen LogP contribution in [0.25, 0.3) is 0 Å². The van der Waals surface area contributed by atoms with Crippen molar-refractivity contribution in [2.75, 3.05) is 0 Å². The minimum absolute atomic E-state index is 0.228. The molecule has 74 valence electrons. The molecule has 0 amide bonds. The number of alkyl halides is 3. The molecule has 0 saturated carbocycles. The molecular weight excluding hydrogens is 198 g/mol. The molecule has 0 radical (unpaired) electrons. The summed E-state index contributed by atoms with van der Waals surface area (Å²) in [6.45, 7) is 0. The normalized spacial score (nSPS) is 19.0. The SMILES string of the molecule is N=C(C1=C(N)CCCC1)C(F)(F)Cl. The maximum atomic E-state index is 12.5. The minimum Gasteiger partial charge on any atom is -0.402 e. The van der Waals surface area contributed by atoms with Crippen molar-refractivity contribution in [2.24, 2.45) is 5.73 Å². The molecular formula is C8H11ClF2N2. The zero-order valence-corrected chi connectivity index (χ0v) is 7.80. The van der Waals surface area contributed by atoms with Crippen LogP contribution in [-0.4, -0.2) is 11.1 Å². The highest BCUT2D eigenvalue weighted by Gasteiger charge is 2.35. The Labute approximate surface area is 80.3 Å². The predicted molar refractivity (Wildman–Crippen MR) is 48.2 cm³/mol. The molecule has 0 aliphatic heterocycles. The molecule has 0 saturated heterocycles. The third-order valence-electron chi connectivity index (χ3n) is 2.10. The number of nitrogens with two attached hydrogens (primary N) is 1. The topological polar surface area (TPSA) is 49.9 Å². The van der Waals surface area contributed by atoms with Gasteiger partial charge in [0, 0.05) is 5.70 Å². The van der Waals surface area contributed by atoms with Gasteiger partial charge in [-0.25, -0.2) is 0 Å². The van der Waals surface area contributed by atoms with Gasteiger partial charge in [0.15, 0.2) is 0 Å². The van der Waals surface area contributed by atoms with Gasteiger partial charge in [0.2, 0.25) is 0 Å². The van der Waals surface area contributed by atoms with Gasteiger partial charge in [0.25, 0.3) is 0 Å². The second-order valence-corrected chi connectivity index (χ2v) is 3.56. The number of allylic oxidation sites excluding steroid dienone is 2. The Balaban J connectivity index is 2.87. The number of rotatable bonds is 2. The Hall–Kier alpha value is -0.640. The van der Waals surface area contributed by atoms with Crippen molar-refractivity contribution in [2.45, 2.75) is 31.1 Å². The molecule has 0 heterocycles. The Morgan fingerprint density at radius 1 is 1.38 bits per heavy atom. The lowest BCUT2D eigenvalue weighted by molar-refractivity contribution is 0.174. The summed E-state index contributed by atoms with van der Waals surface area (Å²) in [6, 6.07) is 0. The molecule has 0 spiro atoms. The summed E-state index contributed by atoms with van der Waals surface area (Å²) in [5.74, 6) is 0. The lowest BCUT2D eigenvalue weighted by Gasteiger charge is -2.20. The minimum atomic E-state index is -3.59. The summed E-state index contributed by atoms with van der Waals surface area (Å²) in [5.41, 5.74) is 5.30. The summed E-state index contributed by atoms with van der Waals surface area (Å²) in [4.78, 5) is 0. The van der Waals surface area contributed by atoms with Gasteiger partial charge in [-0.05, 0) is 42.9 Å². The summed E-state index contributed by atoms with van der Waals surface area (Å²) in [7, 11) is 0. The van der Waals surface area contributed by atoms with Crippen LogP contribution in [0.15, 0.2) is 11.3 Å². The summed E-state index contributed by atoms with van der Waals surface area (Å²) in [6.07, 6.45) is 2.72. The van der Waals surface area contributed by atoms with E-state index in [1.54, 1.807) is 0 Å². The molecule has 1 rings (SSSR count). The van der Waals surface area contributed by atoms with E-state index in [0.717, 1.165) is 12.8 Å². The highest BCUT2D eigenvalue weighted by molar-refractivity contribution is 6.35. The smallest absolute Gasteiger partial charge is 0.364 e. The second-order valence-electron chi connectivity index (χ2n) is 3.08. The van der Waals surface area contributed by atoms with Crippen molar-refractivity contribution < 1.29 is 8.78 Å².